The zero-order valence-corrected chi connectivity index (χ0v) is 14.0. The van der Waals surface area contributed by atoms with Gasteiger partial charge in [-0.25, -0.2) is 0 Å². The number of nitrogens with zero attached hydrogens (tertiary/aromatic N) is 1. The fraction of sp³-hybridized carbons (Fsp3) is 0.938. The highest BCUT2D eigenvalue weighted by Gasteiger charge is 2.29. The Morgan fingerprint density at radius 3 is 2.58 bits per heavy atom. The van der Waals surface area contributed by atoms with Gasteiger partial charge in [0, 0.05) is 16.5 Å². The predicted octanol–water partition coefficient (Wildman–Crippen LogP) is 4.36. The lowest BCUT2D eigenvalue weighted by atomic mass is 9.90. The first-order valence-corrected chi connectivity index (χ1v) is 8.63. The Morgan fingerprint density at radius 2 is 2.05 bits per heavy atom. The monoisotopic (exact) mass is 282 g/mol. The lowest BCUT2D eigenvalue weighted by Gasteiger charge is -2.32. The minimum absolute atomic E-state index is 0.358. The van der Waals surface area contributed by atoms with Crippen molar-refractivity contribution in [3.05, 3.63) is 0 Å². The molecule has 1 N–H and O–H groups in total. The van der Waals surface area contributed by atoms with E-state index in [9.17, 15) is 5.26 Å². The molecule has 1 saturated carbocycles. The number of thioether (sulfide) groups is 1. The highest BCUT2D eigenvalue weighted by atomic mass is 32.2. The summed E-state index contributed by atoms with van der Waals surface area (Å²) in [6.45, 7) is 10.9. The number of hydrogen-bond donors (Lipinski definition) is 1. The molecule has 0 amide bonds. The van der Waals surface area contributed by atoms with Gasteiger partial charge in [-0.2, -0.15) is 17.0 Å². The van der Waals surface area contributed by atoms with Gasteiger partial charge in [0.15, 0.2) is 0 Å². The Bertz CT molecular complexity index is 310. The molecule has 0 spiro atoms. The minimum Gasteiger partial charge on any atom is -0.297 e. The molecule has 4 atom stereocenters. The van der Waals surface area contributed by atoms with Crippen LogP contribution in [0.3, 0.4) is 0 Å². The van der Waals surface area contributed by atoms with Crippen molar-refractivity contribution in [2.75, 3.05) is 0 Å². The van der Waals surface area contributed by atoms with Crippen molar-refractivity contribution in [1.82, 2.24) is 5.32 Å². The second-order valence-corrected chi connectivity index (χ2v) is 8.53. The summed E-state index contributed by atoms with van der Waals surface area (Å²) in [7, 11) is 0. The van der Waals surface area contributed by atoms with Gasteiger partial charge in [-0.05, 0) is 46.0 Å². The van der Waals surface area contributed by atoms with E-state index in [0.29, 0.717) is 11.3 Å². The fourth-order valence-electron chi connectivity index (χ4n) is 3.23. The lowest BCUT2D eigenvalue weighted by molar-refractivity contribution is 0.377. The van der Waals surface area contributed by atoms with Crippen LogP contribution in [-0.4, -0.2) is 22.1 Å². The Kier molecular flexibility index (Phi) is 6.69. The van der Waals surface area contributed by atoms with Crippen LogP contribution in [-0.2, 0) is 0 Å². The van der Waals surface area contributed by atoms with Crippen LogP contribution >= 0.6 is 11.8 Å². The van der Waals surface area contributed by atoms with Gasteiger partial charge in [0.2, 0.25) is 0 Å². The van der Waals surface area contributed by atoms with Crippen molar-refractivity contribution < 1.29 is 0 Å². The molecule has 0 radical (unpaired) electrons. The molecule has 0 bridgehead atoms. The number of hydrogen-bond acceptors (Lipinski definition) is 3. The van der Waals surface area contributed by atoms with Crippen LogP contribution in [0.1, 0.15) is 66.7 Å². The molecule has 1 rings (SSSR count). The van der Waals surface area contributed by atoms with E-state index >= 15 is 0 Å². The maximum Gasteiger partial charge on any atom is 0.105 e. The van der Waals surface area contributed by atoms with E-state index in [0.717, 1.165) is 17.6 Å². The third-order valence-corrected chi connectivity index (χ3v) is 5.31. The SMILES string of the molecule is CC1CCCC(SC(C)CC(C)(C#N)NC(C)C)C1. The zero-order chi connectivity index (χ0) is 14.5. The van der Waals surface area contributed by atoms with Gasteiger partial charge in [0.1, 0.15) is 5.54 Å². The van der Waals surface area contributed by atoms with E-state index in [1.165, 1.54) is 25.7 Å². The van der Waals surface area contributed by atoms with Crippen molar-refractivity contribution in [1.29, 1.82) is 5.26 Å². The summed E-state index contributed by atoms with van der Waals surface area (Å²) >= 11 is 2.10. The van der Waals surface area contributed by atoms with Crippen molar-refractivity contribution in [3.63, 3.8) is 0 Å². The van der Waals surface area contributed by atoms with Gasteiger partial charge >= 0.3 is 0 Å². The largest absolute Gasteiger partial charge is 0.297 e. The first kappa shape index (κ1) is 16.9. The third-order valence-electron chi connectivity index (χ3n) is 3.86. The number of rotatable bonds is 6. The van der Waals surface area contributed by atoms with Crippen LogP contribution in [0.2, 0.25) is 0 Å². The molecular weight excluding hydrogens is 252 g/mol. The summed E-state index contributed by atoms with van der Waals surface area (Å²) in [6.07, 6.45) is 6.43. The Balaban J connectivity index is 2.44. The molecular formula is C16H30N2S. The summed E-state index contributed by atoms with van der Waals surface area (Å²) in [6, 6.07) is 2.82. The van der Waals surface area contributed by atoms with Gasteiger partial charge in [-0.3, -0.25) is 5.32 Å². The second kappa shape index (κ2) is 7.55. The molecule has 0 heterocycles. The molecule has 4 unspecified atom stereocenters. The topological polar surface area (TPSA) is 35.8 Å². The van der Waals surface area contributed by atoms with Gasteiger partial charge in [-0.15, -0.1) is 0 Å². The third kappa shape index (κ3) is 6.19. The van der Waals surface area contributed by atoms with Crippen LogP contribution in [0.5, 0.6) is 0 Å². The summed E-state index contributed by atoms with van der Waals surface area (Å²) in [4.78, 5) is 0. The molecule has 0 aromatic carbocycles. The zero-order valence-electron chi connectivity index (χ0n) is 13.2. The second-order valence-electron chi connectivity index (χ2n) is 6.79. The van der Waals surface area contributed by atoms with E-state index in [1.807, 2.05) is 6.92 Å². The van der Waals surface area contributed by atoms with Crippen LogP contribution in [0.4, 0.5) is 0 Å². The van der Waals surface area contributed by atoms with E-state index in [4.69, 9.17) is 0 Å². The molecule has 0 aliphatic heterocycles. The van der Waals surface area contributed by atoms with E-state index < -0.39 is 0 Å². The van der Waals surface area contributed by atoms with Gasteiger partial charge in [-0.1, -0.05) is 26.7 Å². The lowest BCUT2D eigenvalue weighted by Crippen LogP contribution is -2.46. The summed E-state index contributed by atoms with van der Waals surface area (Å²) in [5, 5.41) is 14.2. The Hall–Kier alpha value is -0.200. The molecule has 0 aromatic rings. The van der Waals surface area contributed by atoms with Crippen LogP contribution in [0.25, 0.3) is 0 Å². The molecule has 110 valence electrons. The van der Waals surface area contributed by atoms with Crippen LogP contribution in [0.15, 0.2) is 0 Å². The van der Waals surface area contributed by atoms with Crippen molar-refractivity contribution in [2.24, 2.45) is 5.92 Å². The molecule has 0 aromatic heterocycles. The van der Waals surface area contributed by atoms with Crippen LogP contribution in [0, 0.1) is 17.2 Å². The van der Waals surface area contributed by atoms with Crippen molar-refractivity contribution >= 4 is 11.8 Å². The van der Waals surface area contributed by atoms with Gasteiger partial charge < -0.3 is 0 Å². The summed E-state index contributed by atoms with van der Waals surface area (Å²) < 4.78 is 0. The number of nitrogens with one attached hydrogen (secondary N) is 1. The van der Waals surface area contributed by atoms with E-state index in [1.54, 1.807) is 0 Å². The quantitative estimate of drug-likeness (QED) is 0.786. The average molecular weight is 282 g/mol. The first-order valence-electron chi connectivity index (χ1n) is 7.69. The minimum atomic E-state index is -0.388. The van der Waals surface area contributed by atoms with E-state index in [2.05, 4.69) is 50.8 Å². The van der Waals surface area contributed by atoms with Gasteiger partial charge in [0.25, 0.3) is 0 Å². The Labute approximate surface area is 123 Å². The molecule has 1 aliphatic carbocycles. The molecule has 19 heavy (non-hydrogen) atoms. The molecule has 2 nitrogen and oxygen atoms in total. The predicted molar refractivity (Wildman–Crippen MR) is 85.4 cm³/mol. The maximum absolute atomic E-state index is 9.41. The first-order chi connectivity index (χ1) is 8.84. The molecule has 3 heteroatoms. The molecule has 1 fully saturated rings. The van der Waals surface area contributed by atoms with Gasteiger partial charge in [0.05, 0.1) is 6.07 Å². The summed E-state index contributed by atoms with van der Waals surface area (Å²) in [5.41, 5.74) is -0.388. The highest BCUT2D eigenvalue weighted by Crippen LogP contribution is 2.36. The van der Waals surface area contributed by atoms with Crippen molar-refractivity contribution in [2.45, 2.75) is 88.8 Å². The maximum atomic E-state index is 9.41. The summed E-state index contributed by atoms with van der Waals surface area (Å²) in [5.74, 6) is 0.884. The Morgan fingerprint density at radius 1 is 1.37 bits per heavy atom. The van der Waals surface area contributed by atoms with Crippen LogP contribution < -0.4 is 5.32 Å². The van der Waals surface area contributed by atoms with E-state index in [-0.39, 0.29) is 5.54 Å². The fourth-order valence-corrected chi connectivity index (χ4v) is 5.06. The number of nitriles is 1. The molecule has 1 aliphatic rings. The molecule has 0 saturated heterocycles. The highest BCUT2D eigenvalue weighted by molar-refractivity contribution is 8.00. The standard InChI is InChI=1S/C16H30N2S/c1-12(2)18-16(5,11-17)10-14(4)19-15-8-6-7-13(3)9-15/h12-15,18H,6-10H2,1-5H3. The van der Waals surface area contributed by atoms with Crippen molar-refractivity contribution in [3.8, 4) is 6.07 Å². The average Bonchev–Trinajstić information content (AvgIpc) is 2.27. The normalized spacial score (nSPS) is 28.7. The smallest absolute Gasteiger partial charge is 0.105 e.